The molecule has 9 nitrogen and oxygen atoms in total. The summed E-state index contributed by atoms with van der Waals surface area (Å²) in [6.07, 6.45) is 0.225. The van der Waals surface area contributed by atoms with Gasteiger partial charge in [-0.2, -0.15) is 0 Å². The number of hydrogen-bond acceptors (Lipinski definition) is 6. The lowest BCUT2D eigenvalue weighted by Gasteiger charge is -2.23. The summed E-state index contributed by atoms with van der Waals surface area (Å²) in [6.45, 7) is 1.59. The summed E-state index contributed by atoms with van der Waals surface area (Å²) in [4.78, 5) is 23.8. The van der Waals surface area contributed by atoms with Gasteiger partial charge in [0.2, 0.25) is 21.8 Å². The molecule has 1 saturated heterocycles. The van der Waals surface area contributed by atoms with Gasteiger partial charge in [0, 0.05) is 24.7 Å². The van der Waals surface area contributed by atoms with Crippen LogP contribution in [0.4, 0.5) is 5.69 Å². The highest BCUT2D eigenvalue weighted by atomic mass is 32.2. The maximum atomic E-state index is 11.9. The van der Waals surface area contributed by atoms with Gasteiger partial charge in [-0.1, -0.05) is 6.07 Å². The minimum absolute atomic E-state index is 0.0419. The number of amides is 2. The van der Waals surface area contributed by atoms with Crippen LogP contribution in [0.25, 0.3) is 0 Å². The van der Waals surface area contributed by atoms with Crippen molar-refractivity contribution in [3.63, 3.8) is 0 Å². The van der Waals surface area contributed by atoms with Crippen LogP contribution in [0.1, 0.15) is 6.42 Å². The van der Waals surface area contributed by atoms with Crippen LogP contribution in [0.15, 0.2) is 29.2 Å². The summed E-state index contributed by atoms with van der Waals surface area (Å²) in [5, 5.41) is 8.23. The number of anilines is 1. The normalized spacial score (nSPS) is 17.7. The van der Waals surface area contributed by atoms with Crippen molar-refractivity contribution in [1.29, 1.82) is 0 Å². The van der Waals surface area contributed by atoms with Gasteiger partial charge < -0.3 is 20.7 Å². The fraction of sp³-hybridized carbons (Fsp3) is 0.467. The second kappa shape index (κ2) is 8.90. The number of rotatable bonds is 7. The fourth-order valence-electron chi connectivity index (χ4n) is 2.29. The van der Waals surface area contributed by atoms with Crippen molar-refractivity contribution < 1.29 is 22.7 Å². The molecule has 1 fully saturated rings. The summed E-state index contributed by atoms with van der Waals surface area (Å²) in [6, 6.07) is 5.79. The predicted molar refractivity (Wildman–Crippen MR) is 91.6 cm³/mol. The van der Waals surface area contributed by atoms with Crippen molar-refractivity contribution in [2.45, 2.75) is 17.4 Å². The van der Waals surface area contributed by atoms with Gasteiger partial charge in [-0.05, 0) is 25.2 Å². The van der Waals surface area contributed by atoms with Crippen LogP contribution in [0.5, 0.6) is 0 Å². The van der Waals surface area contributed by atoms with Crippen LogP contribution >= 0.6 is 0 Å². The molecular weight excluding hydrogens is 348 g/mol. The van der Waals surface area contributed by atoms with Crippen LogP contribution in [-0.4, -0.2) is 59.6 Å². The lowest BCUT2D eigenvalue weighted by molar-refractivity contribution is -0.125. The van der Waals surface area contributed by atoms with Crippen LogP contribution in [0.2, 0.25) is 0 Å². The van der Waals surface area contributed by atoms with Gasteiger partial charge >= 0.3 is 0 Å². The predicted octanol–water partition coefficient (Wildman–Crippen LogP) is -0.972. The molecule has 2 rings (SSSR count). The van der Waals surface area contributed by atoms with E-state index in [1.54, 1.807) is 6.07 Å². The second-order valence-corrected chi connectivity index (χ2v) is 7.38. The molecule has 0 radical (unpaired) electrons. The zero-order valence-electron chi connectivity index (χ0n) is 13.9. The Bertz CT molecular complexity index is 716. The Kier molecular flexibility index (Phi) is 6.88. The lowest BCUT2D eigenvalue weighted by Crippen LogP contribution is -2.45. The maximum Gasteiger partial charge on any atom is 0.243 e. The maximum absolute atomic E-state index is 11.9. The Hall–Kier alpha value is -2.01. The first kappa shape index (κ1) is 19.3. The number of carbonyl (C=O) groups excluding carboxylic acids is 2. The van der Waals surface area contributed by atoms with Crippen molar-refractivity contribution >= 4 is 27.5 Å². The number of carbonyl (C=O) groups is 2. The summed E-state index contributed by atoms with van der Waals surface area (Å²) >= 11 is 0. The van der Waals surface area contributed by atoms with Crippen LogP contribution < -0.4 is 20.7 Å². The molecule has 0 spiro atoms. The van der Waals surface area contributed by atoms with Crippen molar-refractivity contribution in [2.75, 3.05) is 38.7 Å². The third kappa shape index (κ3) is 6.09. The van der Waals surface area contributed by atoms with Gasteiger partial charge in [-0.25, -0.2) is 13.1 Å². The third-order valence-corrected chi connectivity index (χ3v) is 4.99. The molecule has 138 valence electrons. The Morgan fingerprint density at radius 2 is 2.12 bits per heavy atom. The van der Waals surface area contributed by atoms with Crippen molar-refractivity contribution in [3.05, 3.63) is 24.3 Å². The molecule has 1 aliphatic heterocycles. The van der Waals surface area contributed by atoms with Gasteiger partial charge in [0.1, 0.15) is 0 Å². The van der Waals surface area contributed by atoms with E-state index >= 15 is 0 Å². The average Bonchev–Trinajstić information content (AvgIpc) is 2.61. The molecule has 0 aliphatic carbocycles. The highest BCUT2D eigenvalue weighted by Crippen LogP contribution is 2.14. The first-order chi connectivity index (χ1) is 11.9. The minimum Gasteiger partial charge on any atom is -0.378 e. The number of hydrogen-bond donors (Lipinski definition) is 4. The minimum atomic E-state index is -3.59. The van der Waals surface area contributed by atoms with E-state index in [0.29, 0.717) is 25.4 Å². The van der Waals surface area contributed by atoms with Crippen LogP contribution in [0.3, 0.4) is 0 Å². The van der Waals surface area contributed by atoms with Crippen LogP contribution in [-0.2, 0) is 24.3 Å². The highest BCUT2D eigenvalue weighted by Gasteiger charge is 2.17. The van der Waals surface area contributed by atoms with E-state index in [9.17, 15) is 18.0 Å². The summed E-state index contributed by atoms with van der Waals surface area (Å²) in [7, 11) is -2.28. The molecule has 0 bridgehead atoms. The van der Waals surface area contributed by atoms with E-state index in [-0.39, 0.29) is 29.8 Å². The van der Waals surface area contributed by atoms with Crippen molar-refractivity contribution in [2.24, 2.45) is 0 Å². The molecule has 2 amide bonds. The van der Waals surface area contributed by atoms with Gasteiger partial charge in [0.05, 0.1) is 24.7 Å². The number of sulfonamides is 1. The monoisotopic (exact) mass is 370 g/mol. The molecule has 25 heavy (non-hydrogen) atoms. The number of ether oxygens (including phenoxy) is 1. The Labute approximate surface area is 146 Å². The molecule has 1 aromatic rings. The summed E-state index contributed by atoms with van der Waals surface area (Å²) < 4.78 is 31.0. The smallest absolute Gasteiger partial charge is 0.243 e. The molecule has 4 N–H and O–H groups in total. The quantitative estimate of drug-likeness (QED) is 0.489. The Morgan fingerprint density at radius 3 is 2.80 bits per heavy atom. The molecule has 1 unspecified atom stereocenters. The van der Waals surface area contributed by atoms with Crippen molar-refractivity contribution in [1.82, 2.24) is 15.4 Å². The molecule has 1 aliphatic rings. The number of morpholine rings is 1. The molecule has 0 aromatic heterocycles. The third-order valence-electron chi connectivity index (χ3n) is 3.57. The van der Waals surface area contributed by atoms with E-state index in [0.717, 1.165) is 0 Å². The summed E-state index contributed by atoms with van der Waals surface area (Å²) in [5.74, 6) is -0.704. The van der Waals surface area contributed by atoms with Crippen molar-refractivity contribution in [3.8, 4) is 0 Å². The Balaban J connectivity index is 1.82. The molecule has 0 saturated carbocycles. The zero-order chi connectivity index (χ0) is 18.3. The van der Waals surface area contributed by atoms with Gasteiger partial charge in [0.15, 0.2) is 0 Å². The topological polar surface area (TPSA) is 126 Å². The first-order valence-corrected chi connectivity index (χ1v) is 9.30. The first-order valence-electron chi connectivity index (χ1n) is 7.82. The second-order valence-electron chi connectivity index (χ2n) is 5.49. The lowest BCUT2D eigenvalue weighted by atomic mass is 10.2. The average molecular weight is 370 g/mol. The van der Waals surface area contributed by atoms with E-state index < -0.39 is 15.9 Å². The highest BCUT2D eigenvalue weighted by molar-refractivity contribution is 7.89. The van der Waals surface area contributed by atoms with E-state index in [2.05, 4.69) is 20.7 Å². The van der Waals surface area contributed by atoms with E-state index in [4.69, 9.17) is 4.74 Å². The fourth-order valence-corrected chi connectivity index (χ4v) is 3.07. The molecule has 10 heteroatoms. The van der Waals surface area contributed by atoms with Crippen LogP contribution in [0, 0.1) is 0 Å². The SMILES string of the molecule is CNS(=O)(=O)c1cccc(NC(=O)CNC(=O)CC2COCCN2)c1. The van der Waals surface area contributed by atoms with E-state index in [1.165, 1.54) is 25.2 Å². The van der Waals surface area contributed by atoms with Gasteiger partial charge in [-0.15, -0.1) is 0 Å². The Morgan fingerprint density at radius 1 is 1.32 bits per heavy atom. The number of benzene rings is 1. The molecule has 1 heterocycles. The van der Waals surface area contributed by atoms with Gasteiger partial charge in [-0.3, -0.25) is 9.59 Å². The zero-order valence-corrected chi connectivity index (χ0v) is 14.7. The number of nitrogens with one attached hydrogen (secondary N) is 4. The van der Waals surface area contributed by atoms with E-state index in [1.807, 2.05) is 0 Å². The van der Waals surface area contributed by atoms with Gasteiger partial charge in [0.25, 0.3) is 0 Å². The molecule has 1 atom stereocenters. The molecule has 1 aromatic carbocycles. The molecular formula is C15H22N4O5S. The largest absolute Gasteiger partial charge is 0.378 e. The summed E-state index contributed by atoms with van der Waals surface area (Å²) in [5.41, 5.74) is 0.331. The standard InChI is InChI=1S/C15H22N4O5S/c1-16-25(22,23)13-4-2-3-11(7-13)19-15(21)9-18-14(20)8-12-10-24-6-5-17-12/h2-4,7,12,16-17H,5-6,8-10H2,1H3,(H,18,20)(H,19,21).